The van der Waals surface area contributed by atoms with Crippen molar-refractivity contribution in [2.24, 2.45) is 0 Å². The summed E-state index contributed by atoms with van der Waals surface area (Å²) in [7, 11) is 1.56. The largest absolute Gasteiger partial charge is 0.497 e. The summed E-state index contributed by atoms with van der Waals surface area (Å²) < 4.78 is 15.1. The highest BCUT2D eigenvalue weighted by Gasteiger charge is 2.23. The van der Waals surface area contributed by atoms with Crippen molar-refractivity contribution >= 4 is 17.7 Å². The molecule has 0 aliphatic heterocycles. The lowest BCUT2D eigenvalue weighted by atomic mass is 10.1. The fourth-order valence-electron chi connectivity index (χ4n) is 2.72. The topological polar surface area (TPSA) is 94.7 Å². The number of esters is 2. The smallest absolute Gasteiger partial charge is 0.340 e. The maximum Gasteiger partial charge on any atom is 0.340 e. The molecule has 1 aromatic carbocycles. The summed E-state index contributed by atoms with van der Waals surface area (Å²) in [6.45, 7) is 4.89. The predicted molar refractivity (Wildman–Crippen MR) is 98.2 cm³/mol. The zero-order chi connectivity index (χ0) is 20.0. The summed E-state index contributed by atoms with van der Waals surface area (Å²) in [4.78, 5) is 39.2. The Morgan fingerprint density at radius 1 is 1.04 bits per heavy atom. The number of hydrogen-bond acceptors (Lipinski definition) is 6. The van der Waals surface area contributed by atoms with Crippen LogP contribution < -0.4 is 4.74 Å². The fourth-order valence-corrected chi connectivity index (χ4v) is 2.72. The molecule has 7 heteroatoms. The Bertz CT molecular complexity index is 835. The minimum absolute atomic E-state index is 0.0497. The van der Waals surface area contributed by atoms with Gasteiger partial charge in [-0.3, -0.25) is 9.59 Å². The van der Waals surface area contributed by atoms with Gasteiger partial charge in [0.05, 0.1) is 31.4 Å². The van der Waals surface area contributed by atoms with Gasteiger partial charge in [-0.05, 0) is 44.0 Å². The van der Waals surface area contributed by atoms with Crippen LogP contribution in [0.15, 0.2) is 24.3 Å². The monoisotopic (exact) mass is 373 g/mol. The van der Waals surface area contributed by atoms with E-state index in [1.807, 2.05) is 0 Å². The Morgan fingerprint density at radius 3 is 2.30 bits per heavy atom. The number of Topliss-reactive ketones (excluding diaryl/α,β-unsaturated/α-hetero) is 1. The van der Waals surface area contributed by atoms with Crippen molar-refractivity contribution in [1.29, 1.82) is 0 Å². The molecule has 27 heavy (non-hydrogen) atoms. The molecular weight excluding hydrogens is 350 g/mol. The van der Waals surface area contributed by atoms with Gasteiger partial charge in [-0.1, -0.05) is 12.1 Å². The number of aromatic amines is 1. The molecule has 1 aromatic heterocycles. The van der Waals surface area contributed by atoms with Crippen LogP contribution in [0.3, 0.4) is 0 Å². The molecule has 2 rings (SSSR count). The Morgan fingerprint density at radius 2 is 1.70 bits per heavy atom. The van der Waals surface area contributed by atoms with E-state index >= 15 is 0 Å². The van der Waals surface area contributed by atoms with Crippen molar-refractivity contribution in [2.75, 3.05) is 20.3 Å². The molecule has 0 radical (unpaired) electrons. The third kappa shape index (κ3) is 4.97. The molecule has 0 spiro atoms. The van der Waals surface area contributed by atoms with Gasteiger partial charge in [-0.25, -0.2) is 4.79 Å². The van der Waals surface area contributed by atoms with E-state index in [2.05, 4.69) is 4.98 Å². The molecule has 0 bridgehead atoms. The van der Waals surface area contributed by atoms with Gasteiger partial charge in [0.25, 0.3) is 0 Å². The first kappa shape index (κ1) is 20.2. The number of benzene rings is 1. The molecule has 0 fully saturated rings. The average Bonchev–Trinajstić information content (AvgIpc) is 2.95. The number of carbonyl (C=O) groups is 3. The van der Waals surface area contributed by atoms with E-state index < -0.39 is 24.3 Å². The highest BCUT2D eigenvalue weighted by molar-refractivity contribution is 6.02. The fraction of sp³-hybridized carbons (Fsp3) is 0.350. The minimum atomic E-state index is -0.514. The summed E-state index contributed by atoms with van der Waals surface area (Å²) >= 11 is 0. The van der Waals surface area contributed by atoms with Crippen LogP contribution >= 0.6 is 0 Å². The molecule has 0 aliphatic carbocycles. The van der Waals surface area contributed by atoms with E-state index in [-0.39, 0.29) is 18.7 Å². The Balaban J connectivity index is 1.97. The predicted octanol–water partition coefficient (Wildman–Crippen LogP) is 2.79. The minimum Gasteiger partial charge on any atom is -0.497 e. The molecule has 1 heterocycles. The number of ketones is 1. The zero-order valence-electron chi connectivity index (χ0n) is 15.9. The molecule has 1 N–H and O–H groups in total. The van der Waals surface area contributed by atoms with E-state index in [1.165, 1.54) is 0 Å². The third-order valence-electron chi connectivity index (χ3n) is 4.07. The van der Waals surface area contributed by atoms with E-state index in [0.717, 1.165) is 5.56 Å². The lowest BCUT2D eigenvalue weighted by Crippen LogP contribution is -2.17. The quantitative estimate of drug-likeness (QED) is 0.565. The number of rotatable bonds is 8. The van der Waals surface area contributed by atoms with Gasteiger partial charge in [0.2, 0.25) is 5.78 Å². The van der Waals surface area contributed by atoms with Crippen LogP contribution in [0.1, 0.15) is 44.6 Å². The number of aromatic nitrogens is 1. The molecule has 0 unspecified atom stereocenters. The second kappa shape index (κ2) is 9.02. The molecule has 2 aromatic rings. The first-order chi connectivity index (χ1) is 12.9. The number of methoxy groups -OCH3 is 1. The molecule has 0 amide bonds. The second-order valence-electron chi connectivity index (χ2n) is 5.95. The standard InChI is InChI=1S/C20H23NO6/c1-5-26-20(24)18-12(2)19(21-13(18)3)16(22)11-27-17(23)10-14-6-8-15(25-4)9-7-14/h6-9,21H,5,10-11H2,1-4H3. The van der Waals surface area contributed by atoms with Crippen molar-refractivity contribution in [3.63, 3.8) is 0 Å². The van der Waals surface area contributed by atoms with E-state index in [4.69, 9.17) is 14.2 Å². The number of carbonyl (C=O) groups excluding carboxylic acids is 3. The van der Waals surface area contributed by atoms with Crippen LogP contribution in [-0.4, -0.2) is 43.0 Å². The van der Waals surface area contributed by atoms with Crippen LogP contribution in [0.4, 0.5) is 0 Å². The SMILES string of the molecule is CCOC(=O)c1c(C)[nH]c(C(=O)COC(=O)Cc2ccc(OC)cc2)c1C. The van der Waals surface area contributed by atoms with Crippen molar-refractivity contribution in [1.82, 2.24) is 4.98 Å². The lowest BCUT2D eigenvalue weighted by molar-refractivity contribution is -0.141. The van der Waals surface area contributed by atoms with Gasteiger partial charge in [-0.2, -0.15) is 0 Å². The molecular formula is C20H23NO6. The number of H-pyrrole nitrogens is 1. The van der Waals surface area contributed by atoms with Crippen LogP contribution in [0.25, 0.3) is 0 Å². The highest BCUT2D eigenvalue weighted by atomic mass is 16.5. The van der Waals surface area contributed by atoms with Crippen LogP contribution in [0.2, 0.25) is 0 Å². The van der Waals surface area contributed by atoms with E-state index in [1.54, 1.807) is 52.1 Å². The first-order valence-corrected chi connectivity index (χ1v) is 8.55. The van der Waals surface area contributed by atoms with Crippen LogP contribution in [0.5, 0.6) is 5.75 Å². The molecule has 0 saturated heterocycles. The van der Waals surface area contributed by atoms with Gasteiger partial charge in [-0.15, -0.1) is 0 Å². The maximum absolute atomic E-state index is 12.4. The average molecular weight is 373 g/mol. The Labute approximate surface area is 157 Å². The van der Waals surface area contributed by atoms with Crippen LogP contribution in [-0.2, 0) is 20.7 Å². The lowest BCUT2D eigenvalue weighted by Gasteiger charge is -2.06. The van der Waals surface area contributed by atoms with E-state index in [9.17, 15) is 14.4 Å². The van der Waals surface area contributed by atoms with Gasteiger partial charge in [0, 0.05) is 5.69 Å². The van der Waals surface area contributed by atoms with Gasteiger partial charge >= 0.3 is 11.9 Å². The summed E-state index contributed by atoms with van der Waals surface area (Å²) in [5.41, 5.74) is 2.36. The van der Waals surface area contributed by atoms with Crippen molar-refractivity contribution in [2.45, 2.75) is 27.2 Å². The Kier molecular flexibility index (Phi) is 6.76. The molecule has 144 valence electrons. The molecule has 0 atom stereocenters. The van der Waals surface area contributed by atoms with Gasteiger partial charge < -0.3 is 19.2 Å². The van der Waals surface area contributed by atoms with Crippen molar-refractivity contribution in [3.05, 3.63) is 52.3 Å². The summed E-state index contributed by atoms with van der Waals surface area (Å²) in [5.74, 6) is -0.717. The molecule has 0 aliphatic rings. The normalized spacial score (nSPS) is 10.4. The summed E-state index contributed by atoms with van der Waals surface area (Å²) in [6.07, 6.45) is 0.0497. The van der Waals surface area contributed by atoms with E-state index in [0.29, 0.717) is 22.6 Å². The maximum atomic E-state index is 12.4. The number of aryl methyl sites for hydroxylation is 1. The zero-order valence-corrected chi connectivity index (χ0v) is 15.9. The summed E-state index contributed by atoms with van der Waals surface area (Å²) in [5, 5.41) is 0. The first-order valence-electron chi connectivity index (χ1n) is 8.55. The van der Waals surface area contributed by atoms with Crippen molar-refractivity contribution < 1.29 is 28.6 Å². The number of hydrogen-bond donors (Lipinski definition) is 1. The third-order valence-corrected chi connectivity index (χ3v) is 4.07. The highest BCUT2D eigenvalue weighted by Crippen LogP contribution is 2.20. The number of nitrogens with one attached hydrogen (secondary N) is 1. The van der Waals surface area contributed by atoms with Crippen molar-refractivity contribution in [3.8, 4) is 5.75 Å². The molecule has 0 saturated carbocycles. The molecule has 7 nitrogen and oxygen atoms in total. The summed E-state index contributed by atoms with van der Waals surface area (Å²) in [6, 6.07) is 7.00. The van der Waals surface area contributed by atoms with Gasteiger partial charge in [0.1, 0.15) is 5.75 Å². The number of ether oxygens (including phenoxy) is 3. The Hall–Kier alpha value is -3.09. The second-order valence-corrected chi connectivity index (χ2v) is 5.95. The van der Waals surface area contributed by atoms with Gasteiger partial charge in [0.15, 0.2) is 6.61 Å². The van der Waals surface area contributed by atoms with Crippen LogP contribution in [0, 0.1) is 13.8 Å².